The highest BCUT2D eigenvalue weighted by Gasteiger charge is 2.29. The molecule has 1 N–H and O–H groups in total. The number of amides is 2. The molecule has 0 unspecified atom stereocenters. The van der Waals surface area contributed by atoms with E-state index < -0.39 is 0 Å². The van der Waals surface area contributed by atoms with E-state index in [-0.39, 0.29) is 36.1 Å². The molecule has 0 bridgehead atoms. The third kappa shape index (κ3) is 6.13. The first kappa shape index (κ1) is 22.9. The second kappa shape index (κ2) is 11.0. The highest BCUT2D eigenvalue weighted by atomic mass is 16.3. The van der Waals surface area contributed by atoms with Crippen molar-refractivity contribution in [2.75, 3.05) is 26.2 Å². The molecule has 0 aliphatic carbocycles. The number of benzene rings is 1. The van der Waals surface area contributed by atoms with E-state index in [1.165, 1.54) is 10.2 Å². The van der Waals surface area contributed by atoms with Crippen molar-refractivity contribution >= 4 is 11.8 Å². The fraction of sp³-hybridized carbons (Fsp3) is 0.565. The van der Waals surface area contributed by atoms with Crippen LogP contribution >= 0.6 is 0 Å². The number of likely N-dealkylation sites (N-methyl/N-ethyl adjacent to an activating group) is 1. The van der Waals surface area contributed by atoms with Crippen LogP contribution in [0.2, 0.25) is 0 Å². The van der Waals surface area contributed by atoms with Gasteiger partial charge in [-0.2, -0.15) is 0 Å². The zero-order valence-electron chi connectivity index (χ0n) is 18.5. The molecule has 0 spiro atoms. The van der Waals surface area contributed by atoms with Crippen molar-refractivity contribution in [2.24, 2.45) is 5.92 Å². The predicted octanol–water partition coefficient (Wildman–Crippen LogP) is 1.99. The fourth-order valence-electron chi connectivity index (χ4n) is 4.13. The number of likely N-dealkylation sites (tertiary alicyclic amines) is 1. The largest absolute Gasteiger partial charge is 0.393 e. The standard InChI is InChI=1S/C23H33N5O3/c1-3-26(4-2)22(30)17-28-16-20(24-25-28)23(31)27-14-12-19(13-15-27)21(29)11-10-18-8-6-5-7-9-18/h5-9,16,19,21,29H,3-4,10-15,17H2,1-2H3/t21-/m1/s1. The molecule has 2 aromatic rings. The molecule has 3 rings (SSSR count). The number of aliphatic hydroxyl groups is 1. The second-order valence-corrected chi connectivity index (χ2v) is 8.09. The van der Waals surface area contributed by atoms with Crippen molar-refractivity contribution in [2.45, 2.75) is 52.2 Å². The molecule has 2 amide bonds. The quantitative estimate of drug-likeness (QED) is 0.661. The molecule has 1 saturated heterocycles. The minimum Gasteiger partial charge on any atom is -0.393 e. The van der Waals surface area contributed by atoms with Gasteiger partial charge in [-0.05, 0) is 51.0 Å². The lowest BCUT2D eigenvalue weighted by atomic mass is 9.88. The second-order valence-electron chi connectivity index (χ2n) is 8.09. The molecule has 1 aliphatic rings. The number of carbonyl (C=O) groups excluding carboxylic acids is 2. The van der Waals surface area contributed by atoms with Gasteiger partial charge in [0.1, 0.15) is 6.54 Å². The van der Waals surface area contributed by atoms with E-state index in [1.54, 1.807) is 16.0 Å². The van der Waals surface area contributed by atoms with Crippen molar-refractivity contribution in [1.29, 1.82) is 0 Å². The summed E-state index contributed by atoms with van der Waals surface area (Å²) in [5.74, 6) is -0.00639. The number of aliphatic hydroxyl groups excluding tert-OH is 1. The first-order valence-electron chi connectivity index (χ1n) is 11.2. The number of piperidine rings is 1. The van der Waals surface area contributed by atoms with Crippen molar-refractivity contribution < 1.29 is 14.7 Å². The number of hydrogen-bond acceptors (Lipinski definition) is 5. The Kier molecular flexibility index (Phi) is 8.17. The topological polar surface area (TPSA) is 91.6 Å². The molecule has 168 valence electrons. The summed E-state index contributed by atoms with van der Waals surface area (Å²) >= 11 is 0. The molecule has 1 fully saturated rings. The molecule has 1 aromatic heterocycles. The molecule has 8 nitrogen and oxygen atoms in total. The molecule has 8 heteroatoms. The van der Waals surface area contributed by atoms with Gasteiger partial charge in [-0.25, -0.2) is 4.68 Å². The Balaban J connectivity index is 1.46. The summed E-state index contributed by atoms with van der Waals surface area (Å²) in [6.45, 7) is 6.41. The smallest absolute Gasteiger partial charge is 0.276 e. The molecule has 31 heavy (non-hydrogen) atoms. The van der Waals surface area contributed by atoms with Gasteiger partial charge in [-0.15, -0.1) is 5.10 Å². The van der Waals surface area contributed by atoms with Crippen LogP contribution in [0.15, 0.2) is 36.5 Å². The Morgan fingerprint density at radius 3 is 2.48 bits per heavy atom. The average molecular weight is 428 g/mol. The van der Waals surface area contributed by atoms with Crippen LogP contribution in [0.4, 0.5) is 0 Å². The Bertz CT molecular complexity index is 842. The molecule has 1 atom stereocenters. The van der Waals surface area contributed by atoms with Gasteiger partial charge in [0, 0.05) is 26.2 Å². The van der Waals surface area contributed by atoms with E-state index in [0.717, 1.165) is 25.7 Å². The maximum absolute atomic E-state index is 12.8. The van der Waals surface area contributed by atoms with Gasteiger partial charge in [0.2, 0.25) is 5.91 Å². The van der Waals surface area contributed by atoms with Gasteiger partial charge >= 0.3 is 0 Å². The first-order chi connectivity index (χ1) is 15.0. The Labute approximate surface area is 183 Å². The number of aryl methyl sites for hydroxylation is 1. The van der Waals surface area contributed by atoms with Crippen LogP contribution in [0.1, 0.15) is 49.2 Å². The summed E-state index contributed by atoms with van der Waals surface area (Å²) < 4.78 is 1.42. The third-order valence-electron chi connectivity index (χ3n) is 6.11. The van der Waals surface area contributed by atoms with Crippen LogP contribution in [0, 0.1) is 5.92 Å². The summed E-state index contributed by atoms with van der Waals surface area (Å²) in [6.07, 6.45) is 4.33. The minimum atomic E-state index is -0.357. The molecular formula is C23H33N5O3. The lowest BCUT2D eigenvalue weighted by molar-refractivity contribution is -0.131. The van der Waals surface area contributed by atoms with Gasteiger partial charge < -0.3 is 14.9 Å². The zero-order chi connectivity index (χ0) is 22.2. The van der Waals surface area contributed by atoms with Crippen molar-refractivity contribution in [3.8, 4) is 0 Å². The summed E-state index contributed by atoms with van der Waals surface area (Å²) in [7, 11) is 0. The number of hydrogen-bond donors (Lipinski definition) is 1. The lowest BCUT2D eigenvalue weighted by Crippen LogP contribution is -2.41. The Morgan fingerprint density at radius 1 is 1.16 bits per heavy atom. The van der Waals surface area contributed by atoms with Crippen LogP contribution in [-0.4, -0.2) is 74.0 Å². The Morgan fingerprint density at radius 2 is 1.84 bits per heavy atom. The predicted molar refractivity (Wildman–Crippen MR) is 117 cm³/mol. The van der Waals surface area contributed by atoms with Crippen LogP contribution < -0.4 is 0 Å². The summed E-state index contributed by atoms with van der Waals surface area (Å²) in [5.41, 5.74) is 1.49. The van der Waals surface area contributed by atoms with Crippen molar-refractivity contribution in [1.82, 2.24) is 24.8 Å². The third-order valence-corrected chi connectivity index (χ3v) is 6.11. The maximum Gasteiger partial charge on any atom is 0.276 e. The molecule has 0 saturated carbocycles. The number of aromatic nitrogens is 3. The van der Waals surface area contributed by atoms with Crippen molar-refractivity contribution in [3.05, 3.63) is 47.8 Å². The molecule has 1 aliphatic heterocycles. The van der Waals surface area contributed by atoms with E-state index >= 15 is 0 Å². The Hall–Kier alpha value is -2.74. The van der Waals surface area contributed by atoms with Crippen molar-refractivity contribution in [3.63, 3.8) is 0 Å². The van der Waals surface area contributed by atoms with Gasteiger partial charge in [0.15, 0.2) is 5.69 Å². The fourth-order valence-corrected chi connectivity index (χ4v) is 4.13. The molecule has 0 radical (unpaired) electrons. The molecular weight excluding hydrogens is 394 g/mol. The minimum absolute atomic E-state index is 0.0424. The van der Waals surface area contributed by atoms with Crippen LogP contribution in [0.5, 0.6) is 0 Å². The van der Waals surface area contributed by atoms with Gasteiger partial charge in [-0.1, -0.05) is 35.5 Å². The zero-order valence-corrected chi connectivity index (χ0v) is 18.5. The van der Waals surface area contributed by atoms with Gasteiger partial charge in [-0.3, -0.25) is 9.59 Å². The van der Waals surface area contributed by atoms with Crippen LogP contribution in [-0.2, 0) is 17.8 Å². The van der Waals surface area contributed by atoms with E-state index in [0.29, 0.717) is 26.2 Å². The van der Waals surface area contributed by atoms with Crippen LogP contribution in [0.3, 0.4) is 0 Å². The summed E-state index contributed by atoms with van der Waals surface area (Å²) in [6, 6.07) is 10.2. The number of nitrogens with zero attached hydrogens (tertiary/aromatic N) is 5. The number of rotatable bonds is 9. The normalized spacial score (nSPS) is 15.6. The average Bonchev–Trinajstić information content (AvgIpc) is 3.27. The highest BCUT2D eigenvalue weighted by molar-refractivity contribution is 5.92. The van der Waals surface area contributed by atoms with Crippen LogP contribution in [0.25, 0.3) is 0 Å². The molecule has 1 aromatic carbocycles. The lowest BCUT2D eigenvalue weighted by Gasteiger charge is -2.34. The van der Waals surface area contributed by atoms with E-state index in [4.69, 9.17) is 0 Å². The SMILES string of the molecule is CCN(CC)C(=O)Cn1cc(C(=O)N2CCC([C@H](O)CCc3ccccc3)CC2)nn1. The summed E-state index contributed by atoms with van der Waals surface area (Å²) in [4.78, 5) is 28.5. The van der Waals surface area contributed by atoms with E-state index in [9.17, 15) is 14.7 Å². The van der Waals surface area contributed by atoms with E-state index in [1.807, 2.05) is 32.0 Å². The maximum atomic E-state index is 12.8. The van der Waals surface area contributed by atoms with Gasteiger partial charge in [0.05, 0.1) is 12.3 Å². The number of carbonyl (C=O) groups is 2. The molecule has 2 heterocycles. The highest BCUT2D eigenvalue weighted by Crippen LogP contribution is 2.24. The monoisotopic (exact) mass is 427 g/mol. The van der Waals surface area contributed by atoms with E-state index in [2.05, 4.69) is 22.4 Å². The van der Waals surface area contributed by atoms with Gasteiger partial charge in [0.25, 0.3) is 5.91 Å². The summed E-state index contributed by atoms with van der Waals surface area (Å²) in [5, 5.41) is 18.5. The first-order valence-corrected chi connectivity index (χ1v) is 11.2.